The van der Waals surface area contributed by atoms with Gasteiger partial charge in [0.05, 0.1) is 5.69 Å². The van der Waals surface area contributed by atoms with Crippen molar-refractivity contribution in [3.63, 3.8) is 0 Å². The number of hydrogen-bond donors (Lipinski definition) is 0. The molecule has 0 fully saturated rings. The van der Waals surface area contributed by atoms with E-state index in [1.165, 1.54) is 63.4 Å². The predicted octanol–water partition coefficient (Wildman–Crippen LogP) is 9.58. The Hall–Kier alpha value is -2.48. The quantitative estimate of drug-likeness (QED) is 0.225. The molecule has 3 aromatic rings. The molecule has 1 aromatic heterocycles. The van der Waals surface area contributed by atoms with Crippen molar-refractivity contribution in [1.82, 2.24) is 4.98 Å². The lowest BCUT2D eigenvalue weighted by Crippen LogP contribution is -1.92. The van der Waals surface area contributed by atoms with Crippen LogP contribution in [-0.4, -0.2) is 4.98 Å². The van der Waals surface area contributed by atoms with Crippen molar-refractivity contribution in [2.45, 2.75) is 90.9 Å². The number of unbranched alkanes of at least 4 members (excludes halogenated alkanes) is 8. The number of hydrogen-bond acceptors (Lipinski definition) is 1. The van der Waals surface area contributed by atoms with Gasteiger partial charge < -0.3 is 0 Å². The maximum Gasteiger partial charge on any atom is 0.131 e. The third kappa shape index (κ3) is 8.11. The fourth-order valence-corrected chi connectivity index (χ4v) is 4.38. The largest absolute Gasteiger partial charge is 0.256 e. The minimum atomic E-state index is -0.129. The molecule has 3 rings (SSSR count). The molecule has 0 unspecified atom stereocenters. The van der Waals surface area contributed by atoms with E-state index in [2.05, 4.69) is 37.0 Å². The number of halogens is 1. The SMILES string of the molecule is CCCCCCCc1ccc(-c2ccc(-c3ccc(CCCCCCC)cc3F)cc2)nc1. The van der Waals surface area contributed by atoms with Crippen LogP contribution in [0.15, 0.2) is 60.8 Å². The van der Waals surface area contributed by atoms with E-state index in [1.807, 2.05) is 36.5 Å². The van der Waals surface area contributed by atoms with Gasteiger partial charge in [-0.15, -0.1) is 0 Å². The molecule has 0 bridgehead atoms. The lowest BCUT2D eigenvalue weighted by molar-refractivity contribution is 0.618. The second-order valence-corrected chi connectivity index (χ2v) is 9.27. The Balaban J connectivity index is 1.56. The Morgan fingerprint density at radius 3 is 1.76 bits per heavy atom. The van der Waals surface area contributed by atoms with Gasteiger partial charge in [0, 0.05) is 17.3 Å². The Kier molecular flexibility index (Phi) is 10.6. The standard InChI is InChI=1S/C31H40FN/c1-3-5-7-9-11-13-25-15-21-29(30(32)23-25)27-17-19-28(20-18-27)31-22-16-26(24-33-31)14-12-10-8-6-4-2/h15-24H,3-14H2,1-2H3. The van der Waals surface area contributed by atoms with Gasteiger partial charge in [-0.25, -0.2) is 4.39 Å². The first-order chi connectivity index (χ1) is 16.2. The van der Waals surface area contributed by atoms with Crippen molar-refractivity contribution < 1.29 is 4.39 Å². The van der Waals surface area contributed by atoms with E-state index in [-0.39, 0.29) is 5.82 Å². The molecule has 0 aliphatic heterocycles. The maximum absolute atomic E-state index is 14.8. The van der Waals surface area contributed by atoms with Gasteiger partial charge in [0.15, 0.2) is 0 Å². The molecule has 2 heteroatoms. The Morgan fingerprint density at radius 1 is 0.606 bits per heavy atom. The molecule has 0 spiro atoms. The molecule has 0 radical (unpaired) electrons. The molecule has 0 atom stereocenters. The average molecular weight is 446 g/mol. The Morgan fingerprint density at radius 2 is 1.18 bits per heavy atom. The molecule has 1 nitrogen and oxygen atoms in total. The molecule has 0 amide bonds. The molecule has 0 saturated carbocycles. The van der Waals surface area contributed by atoms with Gasteiger partial charge in [0.2, 0.25) is 0 Å². The van der Waals surface area contributed by atoms with Crippen LogP contribution >= 0.6 is 0 Å². The summed E-state index contributed by atoms with van der Waals surface area (Å²) in [6, 6.07) is 18.1. The number of benzene rings is 2. The normalized spacial score (nSPS) is 11.1. The predicted molar refractivity (Wildman–Crippen MR) is 140 cm³/mol. The number of rotatable bonds is 14. The molecule has 2 aromatic carbocycles. The number of nitrogens with zero attached hydrogens (tertiary/aromatic N) is 1. The highest BCUT2D eigenvalue weighted by molar-refractivity contribution is 5.69. The minimum Gasteiger partial charge on any atom is -0.256 e. The second kappa shape index (κ2) is 13.9. The van der Waals surface area contributed by atoms with Crippen LogP contribution in [-0.2, 0) is 12.8 Å². The summed E-state index contributed by atoms with van der Waals surface area (Å²) in [6.07, 6.45) is 16.7. The summed E-state index contributed by atoms with van der Waals surface area (Å²) in [5.74, 6) is -0.129. The van der Waals surface area contributed by atoms with Gasteiger partial charge in [-0.05, 0) is 54.5 Å². The van der Waals surface area contributed by atoms with E-state index in [0.29, 0.717) is 5.56 Å². The summed E-state index contributed by atoms with van der Waals surface area (Å²) >= 11 is 0. The van der Waals surface area contributed by atoms with Crippen LogP contribution in [0.2, 0.25) is 0 Å². The van der Waals surface area contributed by atoms with E-state index < -0.39 is 0 Å². The first-order valence-electron chi connectivity index (χ1n) is 13.1. The van der Waals surface area contributed by atoms with Gasteiger partial charge in [-0.3, -0.25) is 4.98 Å². The van der Waals surface area contributed by atoms with Crippen molar-refractivity contribution in [3.05, 3.63) is 77.7 Å². The highest BCUT2D eigenvalue weighted by Crippen LogP contribution is 2.27. The van der Waals surface area contributed by atoms with E-state index >= 15 is 0 Å². The van der Waals surface area contributed by atoms with Gasteiger partial charge in [-0.2, -0.15) is 0 Å². The molecule has 1 heterocycles. The molecule has 0 N–H and O–H groups in total. The molecular formula is C31H40FN. The molecule has 0 saturated heterocycles. The number of pyridine rings is 1. The monoisotopic (exact) mass is 445 g/mol. The highest BCUT2D eigenvalue weighted by Gasteiger charge is 2.08. The van der Waals surface area contributed by atoms with Crippen molar-refractivity contribution in [1.29, 1.82) is 0 Å². The van der Waals surface area contributed by atoms with Crippen LogP contribution in [0, 0.1) is 5.82 Å². The van der Waals surface area contributed by atoms with Crippen molar-refractivity contribution >= 4 is 0 Å². The lowest BCUT2D eigenvalue weighted by atomic mass is 9.98. The third-order valence-electron chi connectivity index (χ3n) is 6.49. The number of aromatic nitrogens is 1. The van der Waals surface area contributed by atoms with E-state index in [9.17, 15) is 4.39 Å². The molecule has 33 heavy (non-hydrogen) atoms. The van der Waals surface area contributed by atoms with Crippen molar-refractivity contribution in [3.8, 4) is 22.4 Å². The zero-order chi connectivity index (χ0) is 23.3. The Labute approximate surface area is 200 Å². The van der Waals surface area contributed by atoms with Gasteiger partial charge in [0.1, 0.15) is 5.82 Å². The molecule has 0 aliphatic carbocycles. The van der Waals surface area contributed by atoms with Crippen molar-refractivity contribution in [2.24, 2.45) is 0 Å². The second-order valence-electron chi connectivity index (χ2n) is 9.27. The van der Waals surface area contributed by atoms with Crippen molar-refractivity contribution in [2.75, 3.05) is 0 Å². The maximum atomic E-state index is 14.8. The van der Waals surface area contributed by atoms with Crippen LogP contribution < -0.4 is 0 Å². The van der Waals surface area contributed by atoms with Crippen LogP contribution in [0.4, 0.5) is 4.39 Å². The lowest BCUT2D eigenvalue weighted by Gasteiger charge is -2.09. The number of aryl methyl sites for hydroxylation is 2. The van der Waals surface area contributed by atoms with Crippen LogP contribution in [0.3, 0.4) is 0 Å². The zero-order valence-electron chi connectivity index (χ0n) is 20.6. The first kappa shape index (κ1) is 25.1. The first-order valence-corrected chi connectivity index (χ1v) is 13.1. The summed E-state index contributed by atoms with van der Waals surface area (Å²) in [7, 11) is 0. The van der Waals surface area contributed by atoms with Gasteiger partial charge in [0.25, 0.3) is 0 Å². The third-order valence-corrected chi connectivity index (χ3v) is 6.49. The summed E-state index contributed by atoms with van der Waals surface area (Å²) in [5, 5.41) is 0. The smallest absolute Gasteiger partial charge is 0.131 e. The molecular weight excluding hydrogens is 405 g/mol. The molecule has 0 aliphatic rings. The van der Waals surface area contributed by atoms with E-state index in [1.54, 1.807) is 6.07 Å². The van der Waals surface area contributed by atoms with Crippen LogP contribution in [0.5, 0.6) is 0 Å². The summed E-state index contributed by atoms with van der Waals surface area (Å²) in [5.41, 5.74) is 6.02. The fourth-order valence-electron chi connectivity index (χ4n) is 4.38. The fraction of sp³-hybridized carbons (Fsp3) is 0.452. The topological polar surface area (TPSA) is 12.9 Å². The minimum absolute atomic E-state index is 0.129. The van der Waals surface area contributed by atoms with Gasteiger partial charge in [-0.1, -0.05) is 108 Å². The summed E-state index contributed by atoms with van der Waals surface area (Å²) < 4.78 is 14.8. The average Bonchev–Trinajstić information content (AvgIpc) is 2.84. The zero-order valence-corrected chi connectivity index (χ0v) is 20.6. The van der Waals surface area contributed by atoms with Crippen LogP contribution in [0.25, 0.3) is 22.4 Å². The van der Waals surface area contributed by atoms with Gasteiger partial charge >= 0.3 is 0 Å². The Bertz CT molecular complexity index is 944. The summed E-state index contributed by atoms with van der Waals surface area (Å²) in [6.45, 7) is 4.47. The van der Waals surface area contributed by atoms with Crippen LogP contribution in [0.1, 0.15) is 89.2 Å². The van der Waals surface area contributed by atoms with E-state index in [0.717, 1.165) is 41.6 Å². The van der Waals surface area contributed by atoms with E-state index in [4.69, 9.17) is 0 Å². The molecule has 176 valence electrons. The highest BCUT2D eigenvalue weighted by atomic mass is 19.1. The summed E-state index contributed by atoms with van der Waals surface area (Å²) in [4.78, 5) is 4.67.